The molecule has 2 N–H and O–H groups in total. The predicted molar refractivity (Wildman–Crippen MR) is 149 cm³/mol. The van der Waals surface area contributed by atoms with Gasteiger partial charge >= 0.3 is 0 Å². The Hall–Kier alpha value is -3.79. The smallest absolute Gasteiger partial charge is 0.254 e. The molecule has 0 unspecified atom stereocenters. The Bertz CT molecular complexity index is 1240. The van der Waals surface area contributed by atoms with Crippen LogP contribution in [0.25, 0.3) is 0 Å². The fourth-order valence-corrected chi connectivity index (χ4v) is 5.13. The number of carbonyl (C=O) groups excluding carboxylic acids is 3. The molecule has 2 saturated heterocycles. The van der Waals surface area contributed by atoms with Crippen molar-refractivity contribution in [3.05, 3.63) is 47.5 Å². The molecule has 208 valence electrons. The molecule has 0 aromatic heterocycles. The van der Waals surface area contributed by atoms with E-state index in [0.717, 1.165) is 18.8 Å². The minimum absolute atomic E-state index is 0.0338. The average Bonchev–Trinajstić information content (AvgIpc) is 3.40. The number of rotatable bonds is 5. The van der Waals surface area contributed by atoms with Crippen LogP contribution in [0, 0.1) is 5.41 Å². The molecular weight excluding hydrogens is 498 g/mol. The molecule has 3 aliphatic heterocycles. The van der Waals surface area contributed by atoms with Crippen molar-refractivity contribution in [1.82, 2.24) is 15.1 Å². The molecule has 0 saturated carbocycles. The van der Waals surface area contributed by atoms with E-state index in [2.05, 4.69) is 15.5 Å². The van der Waals surface area contributed by atoms with E-state index in [1.807, 2.05) is 42.7 Å². The summed E-state index contributed by atoms with van der Waals surface area (Å²) < 4.78 is 10.8. The van der Waals surface area contributed by atoms with Crippen LogP contribution in [0.2, 0.25) is 0 Å². The molecule has 0 bridgehead atoms. The summed E-state index contributed by atoms with van der Waals surface area (Å²) in [4.78, 5) is 45.1. The number of anilines is 2. The second-order valence-corrected chi connectivity index (χ2v) is 11.4. The van der Waals surface area contributed by atoms with Gasteiger partial charge in [-0.2, -0.15) is 0 Å². The maximum absolute atomic E-state index is 13.2. The van der Waals surface area contributed by atoms with Crippen molar-refractivity contribution in [3.8, 4) is 11.5 Å². The molecule has 2 aromatic rings. The fourth-order valence-electron chi connectivity index (χ4n) is 5.13. The van der Waals surface area contributed by atoms with Crippen LogP contribution in [-0.2, 0) is 4.79 Å². The first-order chi connectivity index (χ1) is 18.7. The van der Waals surface area contributed by atoms with Crippen molar-refractivity contribution in [3.63, 3.8) is 0 Å². The summed E-state index contributed by atoms with van der Waals surface area (Å²) in [5.74, 6) is 1.06. The highest BCUT2D eigenvalue weighted by Gasteiger charge is 2.27. The lowest BCUT2D eigenvalue weighted by Gasteiger charge is -2.37. The van der Waals surface area contributed by atoms with Gasteiger partial charge in [-0.15, -0.1) is 0 Å². The van der Waals surface area contributed by atoms with Gasteiger partial charge in [0.05, 0.1) is 11.4 Å². The first kappa shape index (κ1) is 26.8. The molecule has 0 atom stereocenters. The number of nitrogens with zero attached hydrogens (tertiary/aromatic N) is 3. The second-order valence-electron chi connectivity index (χ2n) is 11.4. The van der Waals surface area contributed by atoms with Gasteiger partial charge in [0, 0.05) is 69.9 Å². The summed E-state index contributed by atoms with van der Waals surface area (Å²) in [7, 11) is 0. The van der Waals surface area contributed by atoms with Crippen molar-refractivity contribution >= 4 is 29.1 Å². The molecule has 39 heavy (non-hydrogen) atoms. The van der Waals surface area contributed by atoms with Gasteiger partial charge < -0.3 is 34.8 Å². The van der Waals surface area contributed by atoms with E-state index >= 15 is 0 Å². The van der Waals surface area contributed by atoms with E-state index in [-0.39, 0.29) is 29.9 Å². The van der Waals surface area contributed by atoms with E-state index < -0.39 is 0 Å². The third-order valence-electron chi connectivity index (χ3n) is 7.14. The molecular formula is C29H37N5O5. The van der Waals surface area contributed by atoms with Crippen LogP contribution in [0.4, 0.5) is 11.4 Å². The number of carbonyl (C=O) groups is 3. The quantitative estimate of drug-likeness (QED) is 0.607. The number of hydrogen-bond donors (Lipinski definition) is 2. The molecule has 2 fully saturated rings. The van der Waals surface area contributed by atoms with Crippen LogP contribution >= 0.6 is 0 Å². The van der Waals surface area contributed by atoms with Crippen molar-refractivity contribution in [2.24, 2.45) is 5.41 Å². The van der Waals surface area contributed by atoms with E-state index in [0.29, 0.717) is 74.0 Å². The van der Waals surface area contributed by atoms with Crippen LogP contribution in [-0.4, -0.2) is 86.7 Å². The summed E-state index contributed by atoms with van der Waals surface area (Å²) in [6.07, 6.45) is 0.361. The maximum Gasteiger partial charge on any atom is 0.254 e. The monoisotopic (exact) mass is 535 g/mol. The van der Waals surface area contributed by atoms with Gasteiger partial charge in [0.15, 0.2) is 11.5 Å². The number of amides is 3. The van der Waals surface area contributed by atoms with Gasteiger partial charge in [-0.25, -0.2) is 0 Å². The summed E-state index contributed by atoms with van der Waals surface area (Å²) >= 11 is 0. The van der Waals surface area contributed by atoms with Gasteiger partial charge in [-0.3, -0.25) is 14.4 Å². The highest BCUT2D eigenvalue weighted by Crippen LogP contribution is 2.34. The van der Waals surface area contributed by atoms with E-state index in [1.54, 1.807) is 24.3 Å². The first-order valence-electron chi connectivity index (χ1n) is 13.6. The topological polar surface area (TPSA) is 103 Å². The number of ether oxygens (including phenoxy) is 2. The minimum Gasteiger partial charge on any atom is -0.454 e. The zero-order valence-electron chi connectivity index (χ0n) is 22.9. The number of hydrogen-bond acceptors (Lipinski definition) is 7. The molecule has 5 rings (SSSR count). The Labute approximate surface area is 229 Å². The van der Waals surface area contributed by atoms with Crippen molar-refractivity contribution < 1.29 is 23.9 Å². The zero-order chi connectivity index (χ0) is 27.6. The van der Waals surface area contributed by atoms with Crippen LogP contribution in [0.3, 0.4) is 0 Å². The lowest BCUT2D eigenvalue weighted by Crippen LogP contribution is -2.49. The highest BCUT2D eigenvalue weighted by atomic mass is 16.7. The van der Waals surface area contributed by atoms with Gasteiger partial charge in [0.1, 0.15) is 0 Å². The van der Waals surface area contributed by atoms with Gasteiger partial charge in [-0.1, -0.05) is 20.8 Å². The van der Waals surface area contributed by atoms with Crippen molar-refractivity contribution in [2.45, 2.75) is 27.2 Å². The molecule has 3 amide bonds. The van der Waals surface area contributed by atoms with Crippen molar-refractivity contribution in [2.75, 3.05) is 69.4 Å². The van der Waals surface area contributed by atoms with Crippen LogP contribution < -0.4 is 25.0 Å². The Morgan fingerprint density at radius 3 is 2.13 bits per heavy atom. The zero-order valence-corrected chi connectivity index (χ0v) is 22.9. The standard InChI is InChI=1S/C29H37N5O5/c1-29(2,3)18-26(35)31-22-16-20(27(36)33-10-8-30-9-11-33)4-6-23(22)32-12-14-34(15-13-32)28(37)21-5-7-24-25(17-21)39-19-38-24/h4-7,16-17,30H,8-15,18-19H2,1-3H3,(H,31,35). The highest BCUT2D eigenvalue weighted by molar-refractivity contribution is 6.00. The molecule has 0 spiro atoms. The lowest BCUT2D eigenvalue weighted by atomic mass is 9.92. The summed E-state index contributed by atoms with van der Waals surface area (Å²) in [6, 6.07) is 10.8. The van der Waals surface area contributed by atoms with Gasteiger partial charge in [0.2, 0.25) is 12.7 Å². The number of benzene rings is 2. The van der Waals surface area contributed by atoms with Gasteiger partial charge in [-0.05, 0) is 41.8 Å². The summed E-state index contributed by atoms with van der Waals surface area (Å²) in [6.45, 7) is 11.4. The molecule has 10 nitrogen and oxygen atoms in total. The minimum atomic E-state index is -0.167. The van der Waals surface area contributed by atoms with Crippen molar-refractivity contribution in [1.29, 1.82) is 0 Å². The Morgan fingerprint density at radius 1 is 0.821 bits per heavy atom. The van der Waals surface area contributed by atoms with E-state index in [9.17, 15) is 14.4 Å². The van der Waals surface area contributed by atoms with E-state index in [1.165, 1.54) is 0 Å². The molecule has 0 radical (unpaired) electrons. The maximum atomic E-state index is 13.2. The molecule has 0 aliphatic carbocycles. The number of fused-ring (bicyclic) bond motifs is 1. The normalized spacial score (nSPS) is 17.3. The molecule has 10 heteroatoms. The van der Waals surface area contributed by atoms with Crippen LogP contribution in [0.5, 0.6) is 11.5 Å². The summed E-state index contributed by atoms with van der Waals surface area (Å²) in [5.41, 5.74) is 2.44. The number of nitrogens with one attached hydrogen (secondary N) is 2. The average molecular weight is 536 g/mol. The van der Waals surface area contributed by atoms with Crippen LogP contribution in [0.15, 0.2) is 36.4 Å². The van der Waals surface area contributed by atoms with E-state index in [4.69, 9.17) is 9.47 Å². The lowest BCUT2D eigenvalue weighted by molar-refractivity contribution is -0.117. The third kappa shape index (κ3) is 6.27. The Morgan fingerprint density at radius 2 is 1.44 bits per heavy atom. The SMILES string of the molecule is CC(C)(C)CC(=O)Nc1cc(C(=O)N2CCNCC2)ccc1N1CCN(C(=O)c2ccc3c(c2)OCO3)CC1. The second kappa shape index (κ2) is 11.1. The molecule has 3 aliphatic rings. The van der Waals surface area contributed by atoms with Crippen LogP contribution in [0.1, 0.15) is 47.9 Å². The Balaban J connectivity index is 1.31. The molecule has 3 heterocycles. The summed E-state index contributed by atoms with van der Waals surface area (Å²) in [5, 5.41) is 6.34. The molecule has 2 aromatic carbocycles. The fraction of sp³-hybridized carbons (Fsp3) is 0.483. The number of piperazine rings is 2. The first-order valence-corrected chi connectivity index (χ1v) is 13.6. The third-order valence-corrected chi connectivity index (χ3v) is 7.14. The largest absolute Gasteiger partial charge is 0.454 e. The predicted octanol–water partition coefficient (Wildman–Crippen LogP) is 2.80. The Kier molecular flexibility index (Phi) is 7.65. The van der Waals surface area contributed by atoms with Gasteiger partial charge in [0.25, 0.3) is 11.8 Å².